The molecule has 0 aromatic carbocycles. The van der Waals surface area contributed by atoms with Crippen LogP contribution >= 0.6 is 0 Å². The molecule has 0 radical (unpaired) electrons. The van der Waals surface area contributed by atoms with Gasteiger partial charge < -0.3 is 5.32 Å². The number of hydrogen-bond donors (Lipinski definition) is 1. The van der Waals surface area contributed by atoms with Crippen molar-refractivity contribution < 1.29 is 0 Å². The van der Waals surface area contributed by atoms with E-state index in [0.717, 1.165) is 5.82 Å². The Morgan fingerprint density at radius 2 is 1.79 bits per heavy atom. The monoisotopic (exact) mass is 192 g/mol. The number of anilines is 1. The van der Waals surface area contributed by atoms with Crippen LogP contribution in [0.15, 0.2) is 12.3 Å². The topological polar surface area (TPSA) is 24.9 Å². The number of aromatic nitrogens is 1. The van der Waals surface area contributed by atoms with Crippen LogP contribution in [0.4, 0.5) is 5.82 Å². The second-order valence-electron chi connectivity index (χ2n) is 4.22. The van der Waals surface area contributed by atoms with E-state index in [-0.39, 0.29) is 0 Å². The number of pyridine rings is 1. The minimum atomic E-state index is 0.517. The molecule has 78 valence electrons. The summed E-state index contributed by atoms with van der Waals surface area (Å²) >= 11 is 0. The van der Waals surface area contributed by atoms with Crippen molar-refractivity contribution in [2.24, 2.45) is 0 Å². The first kappa shape index (κ1) is 11.0. The fraction of sp³-hybridized carbons (Fsp3) is 0.583. The lowest BCUT2D eigenvalue weighted by Gasteiger charge is -2.18. The number of rotatable bonds is 3. The van der Waals surface area contributed by atoms with Crippen LogP contribution in [-0.4, -0.2) is 12.0 Å². The molecule has 2 heteroatoms. The first-order chi connectivity index (χ1) is 6.57. The van der Waals surface area contributed by atoms with Crippen molar-refractivity contribution in [2.75, 3.05) is 12.4 Å². The van der Waals surface area contributed by atoms with Gasteiger partial charge in [-0.1, -0.05) is 27.7 Å². The zero-order valence-corrected chi connectivity index (χ0v) is 9.76. The Bertz CT molecular complexity index is 303. The molecule has 14 heavy (non-hydrogen) atoms. The zero-order chi connectivity index (χ0) is 10.7. The zero-order valence-electron chi connectivity index (χ0n) is 9.76. The van der Waals surface area contributed by atoms with Crippen LogP contribution in [-0.2, 0) is 0 Å². The minimum absolute atomic E-state index is 0.517. The molecule has 1 N–H and O–H groups in total. The second-order valence-corrected chi connectivity index (χ2v) is 4.22. The first-order valence-electron chi connectivity index (χ1n) is 5.24. The van der Waals surface area contributed by atoms with Gasteiger partial charge in [-0.15, -0.1) is 0 Å². The Hall–Kier alpha value is -1.05. The highest BCUT2D eigenvalue weighted by Gasteiger charge is 2.14. The Morgan fingerprint density at radius 3 is 2.21 bits per heavy atom. The fourth-order valence-corrected chi connectivity index (χ4v) is 1.80. The van der Waals surface area contributed by atoms with Crippen LogP contribution in [0, 0.1) is 0 Å². The number of nitrogens with zero attached hydrogens (tertiary/aromatic N) is 1. The van der Waals surface area contributed by atoms with Crippen LogP contribution in [0.5, 0.6) is 0 Å². The van der Waals surface area contributed by atoms with Gasteiger partial charge in [-0.3, -0.25) is 0 Å². The van der Waals surface area contributed by atoms with Crippen LogP contribution < -0.4 is 5.32 Å². The Labute approximate surface area is 86.8 Å². The number of hydrogen-bond acceptors (Lipinski definition) is 2. The van der Waals surface area contributed by atoms with Crippen LogP contribution in [0.2, 0.25) is 0 Å². The summed E-state index contributed by atoms with van der Waals surface area (Å²) in [5, 5.41) is 3.16. The summed E-state index contributed by atoms with van der Waals surface area (Å²) in [5.41, 5.74) is 2.75. The molecule has 0 aliphatic carbocycles. The second kappa shape index (κ2) is 4.45. The maximum Gasteiger partial charge on any atom is 0.129 e. The summed E-state index contributed by atoms with van der Waals surface area (Å²) in [5.74, 6) is 2.09. The summed E-state index contributed by atoms with van der Waals surface area (Å²) in [6.45, 7) is 8.87. The van der Waals surface area contributed by atoms with E-state index in [4.69, 9.17) is 0 Å². The lowest BCUT2D eigenvalue weighted by molar-refractivity contribution is 0.785. The first-order valence-corrected chi connectivity index (χ1v) is 5.24. The smallest absolute Gasteiger partial charge is 0.129 e. The van der Waals surface area contributed by atoms with Gasteiger partial charge in [0, 0.05) is 18.8 Å². The summed E-state index contributed by atoms with van der Waals surface area (Å²) < 4.78 is 0. The van der Waals surface area contributed by atoms with Crippen molar-refractivity contribution in [2.45, 2.75) is 39.5 Å². The van der Waals surface area contributed by atoms with Gasteiger partial charge in [-0.2, -0.15) is 0 Å². The molecule has 0 bridgehead atoms. The highest BCUT2D eigenvalue weighted by Crippen LogP contribution is 2.30. The molecule has 0 saturated carbocycles. The van der Waals surface area contributed by atoms with E-state index in [1.54, 1.807) is 0 Å². The predicted molar refractivity (Wildman–Crippen MR) is 62.0 cm³/mol. The normalized spacial score (nSPS) is 11.1. The Morgan fingerprint density at radius 1 is 1.14 bits per heavy atom. The molecule has 0 fully saturated rings. The highest BCUT2D eigenvalue weighted by molar-refractivity contribution is 5.50. The molecular formula is C12H20N2. The molecule has 0 unspecified atom stereocenters. The molecule has 0 spiro atoms. The van der Waals surface area contributed by atoms with Crippen molar-refractivity contribution in [3.8, 4) is 0 Å². The van der Waals surface area contributed by atoms with E-state index in [1.807, 2.05) is 13.2 Å². The van der Waals surface area contributed by atoms with E-state index in [2.05, 4.69) is 44.1 Å². The van der Waals surface area contributed by atoms with Crippen molar-refractivity contribution in [3.63, 3.8) is 0 Å². The third-order valence-corrected chi connectivity index (χ3v) is 2.46. The molecule has 0 aliphatic heterocycles. The molecule has 0 amide bonds. The quantitative estimate of drug-likeness (QED) is 0.794. The van der Waals surface area contributed by atoms with Gasteiger partial charge in [0.2, 0.25) is 0 Å². The summed E-state index contributed by atoms with van der Waals surface area (Å²) in [7, 11) is 1.93. The Kier molecular flexibility index (Phi) is 3.50. The number of nitrogens with one attached hydrogen (secondary N) is 1. The average molecular weight is 192 g/mol. The van der Waals surface area contributed by atoms with Crippen LogP contribution in [0.25, 0.3) is 0 Å². The van der Waals surface area contributed by atoms with Crippen molar-refractivity contribution in [1.29, 1.82) is 0 Å². The van der Waals surface area contributed by atoms with E-state index >= 15 is 0 Å². The van der Waals surface area contributed by atoms with Crippen molar-refractivity contribution in [3.05, 3.63) is 23.4 Å². The fourth-order valence-electron chi connectivity index (χ4n) is 1.80. The molecule has 1 heterocycles. The molecule has 0 aliphatic rings. The maximum absolute atomic E-state index is 4.35. The van der Waals surface area contributed by atoms with E-state index < -0.39 is 0 Å². The summed E-state index contributed by atoms with van der Waals surface area (Å²) in [6.07, 6.45) is 1.88. The van der Waals surface area contributed by atoms with Crippen molar-refractivity contribution >= 4 is 5.82 Å². The average Bonchev–Trinajstić information content (AvgIpc) is 2.16. The third kappa shape index (κ3) is 2.06. The van der Waals surface area contributed by atoms with E-state index in [1.165, 1.54) is 11.1 Å². The van der Waals surface area contributed by atoms with Crippen LogP contribution in [0.3, 0.4) is 0 Å². The van der Waals surface area contributed by atoms with E-state index in [9.17, 15) is 0 Å². The molecule has 0 saturated heterocycles. The van der Waals surface area contributed by atoms with Gasteiger partial charge >= 0.3 is 0 Å². The lowest BCUT2D eigenvalue weighted by Crippen LogP contribution is -2.05. The van der Waals surface area contributed by atoms with Crippen molar-refractivity contribution in [1.82, 2.24) is 4.98 Å². The van der Waals surface area contributed by atoms with Gasteiger partial charge in [0.1, 0.15) is 5.82 Å². The van der Waals surface area contributed by atoms with Crippen LogP contribution in [0.1, 0.15) is 50.7 Å². The summed E-state index contributed by atoms with van der Waals surface area (Å²) in [4.78, 5) is 4.35. The van der Waals surface area contributed by atoms with E-state index in [0.29, 0.717) is 11.8 Å². The lowest BCUT2D eigenvalue weighted by atomic mass is 9.91. The van der Waals surface area contributed by atoms with Gasteiger partial charge in [0.05, 0.1) is 0 Å². The standard InChI is InChI=1S/C12H20N2/c1-8(2)10-6-7-14-12(13-5)11(10)9(3)4/h6-9H,1-5H3,(H,13,14). The molecule has 1 aromatic heterocycles. The molecule has 2 nitrogen and oxygen atoms in total. The third-order valence-electron chi connectivity index (χ3n) is 2.46. The highest BCUT2D eigenvalue weighted by atomic mass is 15.0. The molecule has 0 atom stereocenters. The van der Waals surface area contributed by atoms with Gasteiger partial charge in [0.25, 0.3) is 0 Å². The van der Waals surface area contributed by atoms with Gasteiger partial charge in [-0.05, 0) is 23.5 Å². The molecular weight excluding hydrogens is 172 g/mol. The van der Waals surface area contributed by atoms with Gasteiger partial charge in [-0.25, -0.2) is 4.98 Å². The van der Waals surface area contributed by atoms with Gasteiger partial charge in [0.15, 0.2) is 0 Å². The predicted octanol–water partition coefficient (Wildman–Crippen LogP) is 3.37. The minimum Gasteiger partial charge on any atom is -0.373 e. The Balaban J connectivity index is 3.28. The SMILES string of the molecule is CNc1nccc(C(C)C)c1C(C)C. The molecule has 1 rings (SSSR count). The maximum atomic E-state index is 4.35. The molecule has 1 aromatic rings. The largest absolute Gasteiger partial charge is 0.373 e. The summed E-state index contributed by atoms with van der Waals surface area (Å²) in [6, 6.07) is 2.13.